The number of hydrogen-bond acceptors (Lipinski definition) is 4. The number of thiazole rings is 1. The molecule has 3 atom stereocenters. The summed E-state index contributed by atoms with van der Waals surface area (Å²) >= 11 is 1.80. The van der Waals surface area contributed by atoms with Crippen molar-refractivity contribution in [2.45, 2.75) is 32.2 Å². The third-order valence-corrected chi connectivity index (χ3v) is 5.54. The molecule has 2 fully saturated rings. The molecule has 1 aromatic heterocycles. The molecule has 2 N–H and O–H groups in total. The van der Waals surface area contributed by atoms with Crippen LogP contribution in [0.4, 0.5) is 0 Å². The van der Waals surface area contributed by atoms with Gasteiger partial charge in [-0.05, 0) is 39.2 Å². The van der Waals surface area contributed by atoms with Crippen molar-refractivity contribution in [3.05, 3.63) is 15.6 Å². The molecule has 2 saturated heterocycles. The van der Waals surface area contributed by atoms with E-state index in [1.165, 1.54) is 29.4 Å². The summed E-state index contributed by atoms with van der Waals surface area (Å²) in [7, 11) is 0. The van der Waals surface area contributed by atoms with Crippen LogP contribution in [0.2, 0.25) is 0 Å². The minimum Gasteiger partial charge on any atom is -0.319 e. The Kier molecular flexibility index (Phi) is 2.35. The van der Waals surface area contributed by atoms with E-state index in [0.29, 0.717) is 5.92 Å². The molecule has 1 aromatic rings. The zero-order valence-electron chi connectivity index (χ0n) is 9.99. The van der Waals surface area contributed by atoms with Crippen LogP contribution in [0.1, 0.15) is 28.4 Å². The Morgan fingerprint density at radius 1 is 1.44 bits per heavy atom. The minimum atomic E-state index is -0.142. The van der Waals surface area contributed by atoms with Gasteiger partial charge in [0.25, 0.3) is 0 Å². The van der Waals surface area contributed by atoms with Gasteiger partial charge in [0.05, 0.1) is 11.2 Å². The Morgan fingerprint density at radius 2 is 2.25 bits per heavy atom. The van der Waals surface area contributed by atoms with Crippen LogP contribution in [0.25, 0.3) is 0 Å². The van der Waals surface area contributed by atoms with Crippen LogP contribution in [0.3, 0.4) is 0 Å². The van der Waals surface area contributed by atoms with Crippen LogP contribution in [-0.2, 0) is 5.54 Å². The van der Waals surface area contributed by atoms with E-state index in [1.807, 2.05) is 0 Å². The van der Waals surface area contributed by atoms with E-state index < -0.39 is 0 Å². The maximum Gasteiger partial charge on any atom is 0.113 e. The molecular weight excluding hydrogens is 218 g/mol. The highest BCUT2D eigenvalue weighted by atomic mass is 32.1. The van der Waals surface area contributed by atoms with Crippen molar-refractivity contribution in [3.8, 4) is 0 Å². The molecular formula is C12H19N3S. The van der Waals surface area contributed by atoms with Gasteiger partial charge in [0, 0.05) is 18.0 Å². The van der Waals surface area contributed by atoms with Gasteiger partial charge in [0.2, 0.25) is 0 Å². The summed E-state index contributed by atoms with van der Waals surface area (Å²) in [5.74, 6) is 0.617. The van der Waals surface area contributed by atoms with Gasteiger partial charge >= 0.3 is 0 Å². The summed E-state index contributed by atoms with van der Waals surface area (Å²) in [5, 5.41) is 1.18. The summed E-state index contributed by atoms with van der Waals surface area (Å²) in [6.07, 6.45) is 2.32. The van der Waals surface area contributed by atoms with Crippen LogP contribution in [-0.4, -0.2) is 29.5 Å². The fraction of sp³-hybridized carbons (Fsp3) is 0.750. The molecule has 3 nitrogen and oxygen atoms in total. The number of aryl methyl sites for hydroxylation is 2. The number of fused-ring (bicyclic) bond motifs is 2. The van der Waals surface area contributed by atoms with Gasteiger partial charge in [-0.15, -0.1) is 11.3 Å². The summed E-state index contributed by atoms with van der Waals surface area (Å²) < 4.78 is 0. The molecule has 0 aliphatic carbocycles. The van der Waals surface area contributed by atoms with Crippen LogP contribution in [0.15, 0.2) is 0 Å². The standard InChI is InChI=1S/C12H19N3S/c1-8-9(2)16-11(14-8)12(13)4-6-15-5-3-10(12)7-15/h10H,3-7,13H2,1-2H3. The maximum atomic E-state index is 6.67. The third-order valence-electron chi connectivity index (χ3n) is 4.27. The second-order valence-electron chi connectivity index (χ2n) is 5.24. The molecule has 0 amide bonds. The monoisotopic (exact) mass is 237 g/mol. The quantitative estimate of drug-likeness (QED) is 0.807. The van der Waals surface area contributed by atoms with Crippen LogP contribution < -0.4 is 5.73 Å². The molecule has 3 heterocycles. The second kappa shape index (κ2) is 3.52. The lowest BCUT2D eigenvalue weighted by Gasteiger charge is -2.38. The summed E-state index contributed by atoms with van der Waals surface area (Å²) in [5.41, 5.74) is 7.68. The van der Waals surface area contributed by atoms with Gasteiger partial charge in [-0.1, -0.05) is 0 Å². The van der Waals surface area contributed by atoms with Gasteiger partial charge in [0.15, 0.2) is 0 Å². The number of nitrogens with zero attached hydrogens (tertiary/aromatic N) is 2. The van der Waals surface area contributed by atoms with Crippen molar-refractivity contribution in [1.82, 2.24) is 9.88 Å². The molecule has 0 radical (unpaired) electrons. The molecule has 2 aliphatic rings. The zero-order chi connectivity index (χ0) is 11.3. The summed E-state index contributed by atoms with van der Waals surface area (Å²) in [6.45, 7) is 7.78. The molecule has 2 aliphatic heterocycles. The fourth-order valence-corrected chi connectivity index (χ4v) is 4.08. The Morgan fingerprint density at radius 3 is 2.94 bits per heavy atom. The van der Waals surface area contributed by atoms with Crippen molar-refractivity contribution in [3.63, 3.8) is 0 Å². The van der Waals surface area contributed by atoms with Crippen LogP contribution >= 0.6 is 11.3 Å². The van der Waals surface area contributed by atoms with Gasteiger partial charge in [-0.2, -0.15) is 0 Å². The zero-order valence-corrected chi connectivity index (χ0v) is 10.8. The first-order valence-corrected chi connectivity index (χ1v) is 6.87. The molecule has 2 bridgehead atoms. The van der Waals surface area contributed by atoms with E-state index in [1.54, 1.807) is 11.3 Å². The molecule has 4 heteroatoms. The number of hydrogen-bond donors (Lipinski definition) is 1. The highest BCUT2D eigenvalue weighted by Gasteiger charge is 2.46. The Balaban J connectivity index is 1.97. The second-order valence-corrected chi connectivity index (χ2v) is 6.44. The number of nitrogens with two attached hydrogens (primary N) is 1. The minimum absolute atomic E-state index is 0.142. The van der Waals surface area contributed by atoms with Crippen LogP contribution in [0.5, 0.6) is 0 Å². The SMILES string of the molecule is Cc1nc(C2(N)CCN3CCC2C3)sc1C. The first-order valence-electron chi connectivity index (χ1n) is 6.05. The molecule has 3 unspecified atom stereocenters. The smallest absolute Gasteiger partial charge is 0.113 e. The Bertz CT molecular complexity index is 395. The van der Waals surface area contributed by atoms with Gasteiger partial charge < -0.3 is 10.6 Å². The molecule has 16 heavy (non-hydrogen) atoms. The van der Waals surface area contributed by atoms with E-state index in [4.69, 9.17) is 10.7 Å². The van der Waals surface area contributed by atoms with Gasteiger partial charge in [-0.25, -0.2) is 4.98 Å². The molecule has 3 rings (SSSR count). The Labute approximate surface area is 101 Å². The lowest BCUT2D eigenvalue weighted by Crippen LogP contribution is -2.50. The number of aromatic nitrogens is 1. The average Bonchev–Trinajstić information content (AvgIpc) is 2.81. The van der Waals surface area contributed by atoms with Crippen molar-refractivity contribution >= 4 is 11.3 Å². The lowest BCUT2D eigenvalue weighted by atomic mass is 9.80. The molecule has 0 aromatic carbocycles. The number of piperidine rings is 1. The third kappa shape index (κ3) is 1.44. The molecule has 88 valence electrons. The summed E-state index contributed by atoms with van der Waals surface area (Å²) in [4.78, 5) is 8.55. The van der Waals surface area contributed by atoms with Crippen LogP contribution in [0, 0.1) is 19.8 Å². The predicted molar refractivity (Wildman–Crippen MR) is 66.6 cm³/mol. The first kappa shape index (κ1) is 10.7. The van der Waals surface area contributed by atoms with Crippen molar-refractivity contribution < 1.29 is 0 Å². The average molecular weight is 237 g/mol. The maximum absolute atomic E-state index is 6.67. The largest absolute Gasteiger partial charge is 0.319 e. The van der Waals surface area contributed by atoms with E-state index in [0.717, 1.165) is 18.7 Å². The number of rotatable bonds is 1. The molecule has 0 saturated carbocycles. The fourth-order valence-electron chi connectivity index (χ4n) is 2.96. The van der Waals surface area contributed by atoms with Crippen molar-refractivity contribution in [2.75, 3.05) is 19.6 Å². The van der Waals surface area contributed by atoms with Gasteiger partial charge in [0.1, 0.15) is 5.01 Å². The Hall–Kier alpha value is -0.450. The highest BCUT2D eigenvalue weighted by Crippen LogP contribution is 2.42. The highest BCUT2D eigenvalue weighted by molar-refractivity contribution is 7.11. The van der Waals surface area contributed by atoms with E-state index in [2.05, 4.69) is 18.7 Å². The van der Waals surface area contributed by atoms with Crippen molar-refractivity contribution in [1.29, 1.82) is 0 Å². The van der Waals surface area contributed by atoms with Gasteiger partial charge in [-0.3, -0.25) is 0 Å². The summed E-state index contributed by atoms with van der Waals surface area (Å²) in [6, 6.07) is 0. The lowest BCUT2D eigenvalue weighted by molar-refractivity contribution is 0.168. The van der Waals surface area contributed by atoms with E-state index in [9.17, 15) is 0 Å². The molecule has 0 spiro atoms. The van der Waals surface area contributed by atoms with E-state index >= 15 is 0 Å². The first-order chi connectivity index (χ1) is 7.59. The predicted octanol–water partition coefficient (Wildman–Crippen LogP) is 1.64. The normalized spacial score (nSPS) is 37.9. The topological polar surface area (TPSA) is 42.1 Å². The van der Waals surface area contributed by atoms with Crippen molar-refractivity contribution in [2.24, 2.45) is 11.7 Å². The van der Waals surface area contributed by atoms with E-state index in [-0.39, 0.29) is 5.54 Å².